The Morgan fingerprint density at radius 2 is 2.18 bits per heavy atom. The fourth-order valence-corrected chi connectivity index (χ4v) is 3.84. The van der Waals surface area contributed by atoms with Crippen LogP contribution in [0.1, 0.15) is 12.7 Å². The number of rotatable bonds is 7. The Labute approximate surface area is 176 Å². The summed E-state index contributed by atoms with van der Waals surface area (Å²) in [7, 11) is 0. The van der Waals surface area contributed by atoms with Crippen molar-refractivity contribution in [3.63, 3.8) is 0 Å². The summed E-state index contributed by atoms with van der Waals surface area (Å²) in [5.74, 6) is 1.21. The molecule has 2 heterocycles. The van der Waals surface area contributed by atoms with Crippen LogP contribution in [-0.4, -0.2) is 25.9 Å². The maximum Gasteiger partial charge on any atom is 0.237 e. The number of amides is 1. The molecular formula is C19H18Cl2N4O2S. The number of hydrogen-bond acceptors (Lipinski definition) is 5. The minimum Gasteiger partial charge on any atom is -0.469 e. The van der Waals surface area contributed by atoms with E-state index in [0.29, 0.717) is 33.3 Å². The highest BCUT2D eigenvalue weighted by Crippen LogP contribution is 2.30. The van der Waals surface area contributed by atoms with Crippen molar-refractivity contribution >= 4 is 46.6 Å². The summed E-state index contributed by atoms with van der Waals surface area (Å²) >= 11 is 13.3. The summed E-state index contributed by atoms with van der Waals surface area (Å²) in [5, 5.41) is 12.4. The maximum atomic E-state index is 12.6. The predicted molar refractivity (Wildman–Crippen MR) is 113 cm³/mol. The number of carbonyl (C=O) groups excluding carboxylic acids is 1. The summed E-state index contributed by atoms with van der Waals surface area (Å²) in [5.41, 5.74) is 1.36. The van der Waals surface area contributed by atoms with Crippen LogP contribution in [0.5, 0.6) is 0 Å². The van der Waals surface area contributed by atoms with Crippen molar-refractivity contribution in [3.05, 3.63) is 59.0 Å². The lowest BCUT2D eigenvalue weighted by Crippen LogP contribution is -2.23. The van der Waals surface area contributed by atoms with E-state index >= 15 is 0 Å². The monoisotopic (exact) mass is 436 g/mol. The van der Waals surface area contributed by atoms with E-state index in [9.17, 15) is 4.79 Å². The number of nitrogens with zero attached hydrogens (tertiary/aromatic N) is 3. The highest BCUT2D eigenvalue weighted by molar-refractivity contribution is 8.00. The number of halogens is 2. The van der Waals surface area contributed by atoms with Gasteiger partial charge in [-0.2, -0.15) is 0 Å². The van der Waals surface area contributed by atoms with Crippen molar-refractivity contribution in [1.29, 1.82) is 0 Å². The SMILES string of the molecule is C=CCn1c(SC(C)C(=O)Nc2ccc(Cl)cc2Cl)nnc1-c1ccoc1C. The molecule has 0 bridgehead atoms. The van der Waals surface area contributed by atoms with Gasteiger partial charge >= 0.3 is 0 Å². The lowest BCUT2D eigenvalue weighted by Gasteiger charge is -2.13. The van der Waals surface area contributed by atoms with Crippen LogP contribution < -0.4 is 5.32 Å². The zero-order chi connectivity index (χ0) is 20.3. The highest BCUT2D eigenvalue weighted by Gasteiger charge is 2.22. The Morgan fingerprint density at radius 3 is 2.82 bits per heavy atom. The van der Waals surface area contributed by atoms with Crippen LogP contribution in [0.15, 0.2) is 52.8 Å². The Bertz CT molecular complexity index is 1020. The average molecular weight is 437 g/mol. The van der Waals surface area contributed by atoms with Gasteiger partial charge in [0, 0.05) is 11.6 Å². The predicted octanol–water partition coefficient (Wildman–Crippen LogP) is 5.46. The third-order valence-electron chi connectivity index (χ3n) is 3.97. The second-order valence-corrected chi connectivity index (χ2v) is 8.12. The summed E-state index contributed by atoms with van der Waals surface area (Å²) in [4.78, 5) is 12.6. The number of benzene rings is 1. The smallest absolute Gasteiger partial charge is 0.237 e. The van der Waals surface area contributed by atoms with Crippen LogP contribution in [0, 0.1) is 6.92 Å². The number of thioether (sulfide) groups is 1. The van der Waals surface area contributed by atoms with Gasteiger partial charge < -0.3 is 9.73 Å². The molecule has 1 unspecified atom stereocenters. The van der Waals surface area contributed by atoms with Crippen molar-refractivity contribution in [2.45, 2.75) is 30.8 Å². The molecule has 0 saturated carbocycles. The second-order valence-electron chi connectivity index (χ2n) is 5.97. The van der Waals surface area contributed by atoms with Gasteiger partial charge in [0.05, 0.1) is 27.8 Å². The molecule has 1 amide bonds. The number of aromatic nitrogens is 3. The summed E-state index contributed by atoms with van der Waals surface area (Å²) < 4.78 is 7.26. The number of carbonyl (C=O) groups is 1. The largest absolute Gasteiger partial charge is 0.469 e. The first-order valence-corrected chi connectivity index (χ1v) is 10.1. The lowest BCUT2D eigenvalue weighted by atomic mass is 10.2. The molecule has 0 saturated heterocycles. The molecule has 3 rings (SSSR count). The Hall–Kier alpha value is -2.22. The van der Waals surface area contributed by atoms with E-state index < -0.39 is 5.25 Å². The minimum atomic E-state index is -0.433. The molecule has 0 aliphatic rings. The third kappa shape index (κ3) is 4.43. The van der Waals surface area contributed by atoms with E-state index in [-0.39, 0.29) is 5.91 Å². The van der Waals surface area contributed by atoms with Gasteiger partial charge in [-0.05, 0) is 38.1 Å². The van der Waals surface area contributed by atoms with E-state index in [2.05, 4.69) is 22.1 Å². The molecule has 0 spiro atoms. The fourth-order valence-electron chi connectivity index (χ4n) is 2.52. The van der Waals surface area contributed by atoms with Gasteiger partial charge in [-0.25, -0.2) is 0 Å². The van der Waals surface area contributed by atoms with Crippen molar-refractivity contribution in [2.75, 3.05) is 5.32 Å². The van der Waals surface area contributed by atoms with Gasteiger partial charge in [-0.3, -0.25) is 9.36 Å². The zero-order valence-corrected chi connectivity index (χ0v) is 17.6. The number of anilines is 1. The van der Waals surface area contributed by atoms with Gasteiger partial charge in [-0.15, -0.1) is 16.8 Å². The standard InChI is InChI=1S/C19H18Cl2N4O2S/c1-4-8-25-17(14-7-9-27-11(14)2)23-24-19(25)28-12(3)18(26)22-16-6-5-13(20)10-15(16)21/h4-7,9-10,12H,1,8H2,2-3H3,(H,22,26). The van der Waals surface area contributed by atoms with Gasteiger partial charge in [0.2, 0.25) is 5.91 Å². The maximum absolute atomic E-state index is 12.6. The molecule has 1 N–H and O–H groups in total. The quantitative estimate of drug-likeness (QED) is 0.393. The molecule has 1 aromatic carbocycles. The number of allylic oxidation sites excluding steroid dienone is 1. The number of furan rings is 1. The first-order valence-electron chi connectivity index (χ1n) is 8.41. The molecule has 0 fully saturated rings. The Morgan fingerprint density at radius 1 is 1.39 bits per heavy atom. The van der Waals surface area contributed by atoms with E-state index in [4.69, 9.17) is 27.6 Å². The first-order chi connectivity index (χ1) is 13.4. The minimum absolute atomic E-state index is 0.205. The van der Waals surface area contributed by atoms with E-state index in [1.165, 1.54) is 11.8 Å². The van der Waals surface area contributed by atoms with Crippen LogP contribution >= 0.6 is 35.0 Å². The average Bonchev–Trinajstić information content (AvgIpc) is 3.24. The lowest BCUT2D eigenvalue weighted by molar-refractivity contribution is -0.115. The number of nitrogens with one attached hydrogen (secondary N) is 1. The van der Waals surface area contributed by atoms with Crippen LogP contribution in [0.3, 0.4) is 0 Å². The van der Waals surface area contributed by atoms with E-state index in [0.717, 1.165) is 11.3 Å². The zero-order valence-electron chi connectivity index (χ0n) is 15.3. The molecule has 28 heavy (non-hydrogen) atoms. The Balaban J connectivity index is 1.79. The normalized spacial score (nSPS) is 12.0. The Kier molecular flexibility index (Phi) is 6.49. The topological polar surface area (TPSA) is 73.0 Å². The van der Waals surface area contributed by atoms with Crippen molar-refractivity contribution in [1.82, 2.24) is 14.8 Å². The first kappa shape index (κ1) is 20.5. The third-order valence-corrected chi connectivity index (χ3v) is 5.60. The van der Waals surface area contributed by atoms with Crippen molar-refractivity contribution < 1.29 is 9.21 Å². The highest BCUT2D eigenvalue weighted by atomic mass is 35.5. The van der Waals surface area contributed by atoms with Gasteiger partial charge in [0.15, 0.2) is 11.0 Å². The molecule has 9 heteroatoms. The summed E-state index contributed by atoms with van der Waals surface area (Å²) in [6.45, 7) is 7.95. The molecule has 0 radical (unpaired) electrons. The summed E-state index contributed by atoms with van der Waals surface area (Å²) in [6.07, 6.45) is 3.36. The molecule has 146 valence electrons. The van der Waals surface area contributed by atoms with Gasteiger partial charge in [0.25, 0.3) is 0 Å². The van der Waals surface area contributed by atoms with E-state index in [1.807, 2.05) is 17.6 Å². The molecule has 2 aromatic heterocycles. The molecule has 1 atom stereocenters. The molecular weight excluding hydrogens is 419 g/mol. The second kappa shape index (κ2) is 8.86. The van der Waals surface area contributed by atoms with Crippen LogP contribution in [0.4, 0.5) is 5.69 Å². The van der Waals surface area contributed by atoms with Crippen molar-refractivity contribution in [2.24, 2.45) is 0 Å². The summed E-state index contributed by atoms with van der Waals surface area (Å²) in [6, 6.07) is 6.75. The van der Waals surface area contributed by atoms with Crippen LogP contribution in [0.25, 0.3) is 11.4 Å². The van der Waals surface area contributed by atoms with Crippen LogP contribution in [-0.2, 0) is 11.3 Å². The van der Waals surface area contributed by atoms with E-state index in [1.54, 1.807) is 37.5 Å². The van der Waals surface area contributed by atoms with Crippen LogP contribution in [0.2, 0.25) is 10.0 Å². The fraction of sp³-hybridized carbons (Fsp3) is 0.211. The molecule has 0 aliphatic heterocycles. The number of hydrogen-bond donors (Lipinski definition) is 1. The molecule has 3 aromatic rings. The number of aryl methyl sites for hydroxylation is 1. The van der Waals surface area contributed by atoms with Gasteiger partial charge in [-0.1, -0.05) is 41.0 Å². The molecule has 0 aliphatic carbocycles. The van der Waals surface area contributed by atoms with Crippen molar-refractivity contribution in [3.8, 4) is 11.4 Å². The molecule has 6 nitrogen and oxygen atoms in total. The van der Waals surface area contributed by atoms with Gasteiger partial charge in [0.1, 0.15) is 5.76 Å².